The molecule has 1 aliphatic carbocycles. The maximum atomic E-state index is 4.73. The minimum Gasteiger partial charge on any atom is -0.256 e. The molecule has 0 unspecified atom stereocenters. The fourth-order valence-corrected chi connectivity index (χ4v) is 3.33. The molecule has 5 rings (SSSR count). The summed E-state index contributed by atoms with van der Waals surface area (Å²) < 4.78 is 0. The van der Waals surface area contributed by atoms with Crippen molar-refractivity contribution < 1.29 is 0 Å². The van der Waals surface area contributed by atoms with Crippen LogP contribution in [0.2, 0.25) is 0 Å². The molecule has 0 saturated carbocycles. The van der Waals surface area contributed by atoms with E-state index in [1.165, 1.54) is 22.3 Å². The monoisotopic (exact) mass is 307 g/mol. The number of nitrogens with zero attached hydrogens (tertiary/aromatic N) is 3. The van der Waals surface area contributed by atoms with Gasteiger partial charge in [-0.2, -0.15) is 0 Å². The van der Waals surface area contributed by atoms with Crippen LogP contribution in [0.5, 0.6) is 0 Å². The molecular formula is C21H13N3. The van der Waals surface area contributed by atoms with Gasteiger partial charge in [0.15, 0.2) is 0 Å². The summed E-state index contributed by atoms with van der Waals surface area (Å²) in [6.07, 6.45) is 5.57. The summed E-state index contributed by atoms with van der Waals surface area (Å²) in [5, 5.41) is 0. The van der Waals surface area contributed by atoms with Gasteiger partial charge in [0.2, 0.25) is 0 Å². The summed E-state index contributed by atoms with van der Waals surface area (Å²) >= 11 is 0. The molecule has 0 fully saturated rings. The van der Waals surface area contributed by atoms with E-state index in [2.05, 4.69) is 34.2 Å². The second kappa shape index (κ2) is 5.10. The Labute approximate surface area is 139 Å². The second-order valence-electron chi connectivity index (χ2n) is 5.75. The van der Waals surface area contributed by atoms with Gasteiger partial charge in [-0.1, -0.05) is 36.4 Å². The van der Waals surface area contributed by atoms with E-state index in [1.807, 2.05) is 48.8 Å². The summed E-state index contributed by atoms with van der Waals surface area (Å²) in [5.41, 5.74) is 8.65. The minimum atomic E-state index is 0.866. The van der Waals surface area contributed by atoms with Crippen molar-refractivity contribution >= 4 is 0 Å². The second-order valence-corrected chi connectivity index (χ2v) is 5.75. The highest BCUT2D eigenvalue weighted by molar-refractivity contribution is 6.10. The zero-order valence-electron chi connectivity index (χ0n) is 12.8. The van der Waals surface area contributed by atoms with Gasteiger partial charge in [0.05, 0.1) is 17.1 Å². The lowest BCUT2D eigenvalue weighted by molar-refractivity contribution is 1.23. The van der Waals surface area contributed by atoms with Gasteiger partial charge >= 0.3 is 0 Å². The van der Waals surface area contributed by atoms with E-state index < -0.39 is 0 Å². The van der Waals surface area contributed by atoms with E-state index >= 15 is 0 Å². The zero-order valence-corrected chi connectivity index (χ0v) is 12.8. The number of hydrogen-bond acceptors (Lipinski definition) is 3. The van der Waals surface area contributed by atoms with E-state index in [9.17, 15) is 0 Å². The van der Waals surface area contributed by atoms with Crippen molar-refractivity contribution in [2.24, 2.45) is 0 Å². The van der Waals surface area contributed by atoms with Crippen molar-refractivity contribution in [3.8, 4) is 44.9 Å². The van der Waals surface area contributed by atoms with Crippen LogP contribution in [0, 0.1) is 0 Å². The molecule has 24 heavy (non-hydrogen) atoms. The maximum Gasteiger partial charge on any atom is 0.0986 e. The van der Waals surface area contributed by atoms with E-state index in [1.54, 1.807) is 6.20 Å². The van der Waals surface area contributed by atoms with Crippen molar-refractivity contribution in [1.29, 1.82) is 0 Å². The van der Waals surface area contributed by atoms with Crippen molar-refractivity contribution in [1.82, 2.24) is 15.0 Å². The number of rotatable bonds is 2. The average Bonchev–Trinajstić information content (AvgIpc) is 2.66. The third kappa shape index (κ3) is 1.82. The van der Waals surface area contributed by atoms with E-state index in [-0.39, 0.29) is 0 Å². The van der Waals surface area contributed by atoms with Crippen LogP contribution in [0.4, 0.5) is 0 Å². The van der Waals surface area contributed by atoms with Gasteiger partial charge in [0.1, 0.15) is 0 Å². The van der Waals surface area contributed by atoms with E-state index in [4.69, 9.17) is 4.98 Å². The molecule has 4 aromatic rings. The molecule has 0 amide bonds. The molecular weight excluding hydrogens is 294 g/mol. The van der Waals surface area contributed by atoms with Crippen LogP contribution in [0.15, 0.2) is 79.3 Å². The summed E-state index contributed by atoms with van der Waals surface area (Å²) in [7, 11) is 0. The van der Waals surface area contributed by atoms with Crippen LogP contribution in [-0.2, 0) is 0 Å². The number of aromatic nitrogens is 3. The Morgan fingerprint density at radius 1 is 0.500 bits per heavy atom. The van der Waals surface area contributed by atoms with Gasteiger partial charge in [-0.25, -0.2) is 0 Å². The molecule has 0 spiro atoms. The lowest BCUT2D eigenvalue weighted by Crippen LogP contribution is -2.05. The Kier molecular flexibility index (Phi) is 2.79. The highest BCUT2D eigenvalue weighted by atomic mass is 14.8. The molecule has 0 bridgehead atoms. The Morgan fingerprint density at radius 3 is 1.88 bits per heavy atom. The van der Waals surface area contributed by atoms with Gasteiger partial charge in [-0.05, 0) is 35.4 Å². The van der Waals surface area contributed by atoms with Gasteiger partial charge in [0.25, 0.3) is 0 Å². The van der Waals surface area contributed by atoms with Crippen molar-refractivity contribution in [3.05, 3.63) is 79.3 Å². The molecule has 0 aliphatic heterocycles. The highest BCUT2D eigenvalue weighted by Crippen LogP contribution is 2.52. The predicted octanol–water partition coefficient (Wildman–Crippen LogP) is 4.85. The average molecular weight is 307 g/mol. The molecule has 3 heterocycles. The zero-order chi connectivity index (χ0) is 15.9. The first-order valence-corrected chi connectivity index (χ1v) is 7.89. The Balaban J connectivity index is 1.84. The first-order valence-electron chi connectivity index (χ1n) is 7.89. The molecule has 0 radical (unpaired) electrons. The topological polar surface area (TPSA) is 38.7 Å². The van der Waals surface area contributed by atoms with Gasteiger partial charge in [-0.3, -0.25) is 15.0 Å². The van der Waals surface area contributed by atoms with Crippen LogP contribution in [0.25, 0.3) is 44.9 Å². The molecule has 0 saturated heterocycles. The van der Waals surface area contributed by atoms with Crippen molar-refractivity contribution in [3.63, 3.8) is 0 Å². The van der Waals surface area contributed by atoms with Crippen LogP contribution >= 0.6 is 0 Å². The number of fused-ring (bicyclic) bond motifs is 4. The SMILES string of the molecule is c1ccc(-c2ncc3c(c2-c2ccccn2)-c2ccccc2-3)nc1. The third-order valence-electron chi connectivity index (χ3n) is 4.39. The summed E-state index contributed by atoms with van der Waals surface area (Å²) in [5.74, 6) is 0. The Morgan fingerprint density at radius 2 is 1.17 bits per heavy atom. The smallest absolute Gasteiger partial charge is 0.0986 e. The number of benzene rings is 1. The van der Waals surface area contributed by atoms with Gasteiger partial charge in [-0.15, -0.1) is 0 Å². The van der Waals surface area contributed by atoms with Crippen LogP contribution < -0.4 is 0 Å². The van der Waals surface area contributed by atoms with Crippen molar-refractivity contribution in [2.75, 3.05) is 0 Å². The first kappa shape index (κ1) is 13.1. The van der Waals surface area contributed by atoms with Crippen LogP contribution in [-0.4, -0.2) is 15.0 Å². The van der Waals surface area contributed by atoms with Crippen molar-refractivity contribution in [2.45, 2.75) is 0 Å². The summed E-state index contributed by atoms with van der Waals surface area (Å²) in [6.45, 7) is 0. The Hall–Kier alpha value is -3.33. The predicted molar refractivity (Wildman–Crippen MR) is 95.1 cm³/mol. The molecule has 0 N–H and O–H groups in total. The third-order valence-corrected chi connectivity index (χ3v) is 4.39. The normalized spacial score (nSPS) is 11.3. The van der Waals surface area contributed by atoms with Gasteiger partial charge in [0, 0.05) is 35.3 Å². The Bertz CT molecular complexity index is 1020. The molecule has 3 heteroatoms. The summed E-state index contributed by atoms with van der Waals surface area (Å²) in [4.78, 5) is 13.8. The fourth-order valence-electron chi connectivity index (χ4n) is 3.33. The molecule has 1 aromatic carbocycles. The molecule has 0 atom stereocenters. The quantitative estimate of drug-likeness (QED) is 0.468. The largest absolute Gasteiger partial charge is 0.256 e. The van der Waals surface area contributed by atoms with Crippen LogP contribution in [0.3, 0.4) is 0 Å². The molecule has 112 valence electrons. The molecule has 3 aromatic heterocycles. The van der Waals surface area contributed by atoms with Gasteiger partial charge < -0.3 is 0 Å². The maximum absolute atomic E-state index is 4.73. The molecule has 3 nitrogen and oxygen atoms in total. The van der Waals surface area contributed by atoms with E-state index in [0.717, 1.165) is 22.6 Å². The van der Waals surface area contributed by atoms with E-state index in [0.29, 0.717) is 0 Å². The minimum absolute atomic E-state index is 0.866. The fraction of sp³-hybridized carbons (Fsp3) is 0. The molecule has 1 aliphatic rings. The number of hydrogen-bond donors (Lipinski definition) is 0. The number of pyridine rings is 3. The lowest BCUT2D eigenvalue weighted by atomic mass is 9.77. The lowest BCUT2D eigenvalue weighted by Gasteiger charge is -2.27. The highest BCUT2D eigenvalue weighted by Gasteiger charge is 2.29. The first-order chi connectivity index (χ1) is 11.9. The summed E-state index contributed by atoms with van der Waals surface area (Å²) in [6, 6.07) is 20.3. The van der Waals surface area contributed by atoms with Crippen LogP contribution in [0.1, 0.15) is 0 Å². The standard InChI is InChI=1S/C21H13N3/c1-2-8-15-14(7-1)16-13-24-21(18-10-4-6-12-23-18)20(19(15)16)17-9-3-5-11-22-17/h1-13H.